The first kappa shape index (κ1) is 12.4. The highest BCUT2D eigenvalue weighted by Gasteiger charge is 2.38. The summed E-state index contributed by atoms with van der Waals surface area (Å²) in [5.41, 5.74) is 8.60. The van der Waals surface area contributed by atoms with Crippen molar-refractivity contribution in [3.05, 3.63) is 23.3 Å². The third-order valence-electron chi connectivity index (χ3n) is 3.09. The van der Waals surface area contributed by atoms with Gasteiger partial charge in [0.1, 0.15) is 5.75 Å². The van der Waals surface area contributed by atoms with E-state index in [2.05, 4.69) is 6.92 Å². The molecule has 4 nitrogen and oxygen atoms in total. The third-order valence-corrected chi connectivity index (χ3v) is 3.09. The molecule has 5 heteroatoms. The van der Waals surface area contributed by atoms with Crippen LogP contribution in [0, 0.1) is 0 Å². The van der Waals surface area contributed by atoms with Gasteiger partial charge < -0.3 is 20.1 Å². The Morgan fingerprint density at radius 3 is 2.82 bits per heavy atom. The molecule has 0 aliphatic carbocycles. The topological polar surface area (TPSA) is 64.7 Å². The number of rotatable bonds is 4. The Morgan fingerprint density at radius 1 is 1.47 bits per heavy atom. The Hall–Kier alpha value is -1.04. The van der Waals surface area contributed by atoms with Crippen LogP contribution in [0.25, 0.3) is 0 Å². The number of aryl methyl sites for hydroxylation is 1. The molecule has 0 saturated heterocycles. The smallest absolute Gasteiger partial charge is 0.494 e. The molecule has 1 aliphatic heterocycles. The van der Waals surface area contributed by atoms with Crippen molar-refractivity contribution in [2.24, 2.45) is 5.73 Å². The molecule has 1 unspecified atom stereocenters. The number of hydrogen-bond donors (Lipinski definition) is 2. The molecular formula is C12H18BNO3. The van der Waals surface area contributed by atoms with E-state index < -0.39 is 7.12 Å². The number of ether oxygens (including phenoxy) is 1. The number of benzene rings is 1. The van der Waals surface area contributed by atoms with Crippen LogP contribution in [-0.4, -0.2) is 25.3 Å². The second-order valence-electron chi connectivity index (χ2n) is 4.05. The summed E-state index contributed by atoms with van der Waals surface area (Å²) < 4.78 is 11.0. The fourth-order valence-corrected chi connectivity index (χ4v) is 2.35. The van der Waals surface area contributed by atoms with Crippen molar-refractivity contribution in [1.29, 1.82) is 0 Å². The standard InChI is InChI=1S/C12H18BNO3/c1-3-8-5-6-9(16-4-2)12-11(8)10(7-14)17-13(12)15/h5-6,10,15H,3-4,7,14H2,1-2H3. The van der Waals surface area contributed by atoms with Crippen LogP contribution in [0.1, 0.15) is 31.1 Å². The first-order chi connectivity index (χ1) is 8.22. The molecule has 1 atom stereocenters. The van der Waals surface area contributed by atoms with E-state index in [9.17, 15) is 5.02 Å². The summed E-state index contributed by atoms with van der Waals surface area (Å²) in [6.45, 7) is 4.93. The van der Waals surface area contributed by atoms with Crippen LogP contribution >= 0.6 is 0 Å². The van der Waals surface area contributed by atoms with Gasteiger partial charge in [0.05, 0.1) is 12.7 Å². The van der Waals surface area contributed by atoms with Gasteiger partial charge >= 0.3 is 7.12 Å². The first-order valence-electron chi connectivity index (χ1n) is 6.04. The molecule has 0 bridgehead atoms. The van der Waals surface area contributed by atoms with E-state index in [0.717, 1.165) is 23.0 Å². The quantitative estimate of drug-likeness (QED) is 0.740. The number of hydrogen-bond acceptors (Lipinski definition) is 4. The molecule has 3 N–H and O–H groups in total. The van der Waals surface area contributed by atoms with Gasteiger partial charge in [-0.2, -0.15) is 0 Å². The average Bonchev–Trinajstić information content (AvgIpc) is 2.68. The zero-order valence-corrected chi connectivity index (χ0v) is 10.3. The maximum absolute atomic E-state index is 9.95. The summed E-state index contributed by atoms with van der Waals surface area (Å²) in [7, 11) is -0.924. The summed E-state index contributed by atoms with van der Waals surface area (Å²) in [6.07, 6.45) is 0.664. The second-order valence-corrected chi connectivity index (χ2v) is 4.05. The molecule has 0 aromatic heterocycles. The zero-order chi connectivity index (χ0) is 12.4. The Labute approximate surface area is 102 Å². The largest absolute Gasteiger partial charge is 0.495 e. The van der Waals surface area contributed by atoms with Gasteiger partial charge in [0.2, 0.25) is 0 Å². The Morgan fingerprint density at radius 2 is 2.24 bits per heavy atom. The van der Waals surface area contributed by atoms with Gasteiger partial charge in [0.25, 0.3) is 0 Å². The second kappa shape index (κ2) is 5.08. The summed E-state index contributed by atoms with van der Waals surface area (Å²) >= 11 is 0. The highest BCUT2D eigenvalue weighted by molar-refractivity contribution is 6.63. The van der Waals surface area contributed by atoms with Crippen LogP contribution in [0.5, 0.6) is 5.75 Å². The summed E-state index contributed by atoms with van der Waals surface area (Å²) in [5.74, 6) is 0.697. The molecule has 0 spiro atoms. The molecule has 1 heterocycles. The van der Waals surface area contributed by atoms with E-state index in [-0.39, 0.29) is 6.10 Å². The normalized spacial score (nSPS) is 18.4. The molecular weight excluding hydrogens is 217 g/mol. The Kier molecular flexibility index (Phi) is 3.71. The molecule has 1 aromatic carbocycles. The molecule has 0 radical (unpaired) electrons. The van der Waals surface area contributed by atoms with Crippen molar-refractivity contribution in [1.82, 2.24) is 0 Å². The predicted octanol–water partition coefficient (Wildman–Crippen LogP) is 0.365. The van der Waals surface area contributed by atoms with E-state index in [0.29, 0.717) is 18.9 Å². The van der Waals surface area contributed by atoms with Crippen LogP contribution < -0.4 is 15.9 Å². The van der Waals surface area contributed by atoms with Gasteiger partial charge in [-0.25, -0.2) is 0 Å². The lowest BCUT2D eigenvalue weighted by molar-refractivity contribution is 0.197. The molecule has 92 valence electrons. The monoisotopic (exact) mass is 235 g/mol. The van der Waals surface area contributed by atoms with Gasteiger partial charge in [0, 0.05) is 12.0 Å². The van der Waals surface area contributed by atoms with Gasteiger partial charge in [-0.15, -0.1) is 0 Å². The maximum Gasteiger partial charge on any atom is 0.495 e. The fourth-order valence-electron chi connectivity index (χ4n) is 2.35. The van der Waals surface area contributed by atoms with E-state index >= 15 is 0 Å². The van der Waals surface area contributed by atoms with Crippen LogP contribution in [0.2, 0.25) is 0 Å². The molecule has 1 aromatic rings. The fraction of sp³-hybridized carbons (Fsp3) is 0.500. The summed E-state index contributed by atoms with van der Waals surface area (Å²) in [5, 5.41) is 9.95. The summed E-state index contributed by atoms with van der Waals surface area (Å²) in [6, 6.07) is 3.92. The molecule has 2 rings (SSSR count). The summed E-state index contributed by atoms with van der Waals surface area (Å²) in [4.78, 5) is 0. The number of nitrogens with two attached hydrogens (primary N) is 1. The third kappa shape index (κ3) is 2.06. The lowest BCUT2D eigenvalue weighted by Gasteiger charge is -2.15. The molecule has 17 heavy (non-hydrogen) atoms. The van der Waals surface area contributed by atoms with E-state index in [1.807, 2.05) is 19.1 Å². The Balaban J connectivity index is 2.53. The van der Waals surface area contributed by atoms with Crippen LogP contribution in [0.4, 0.5) is 0 Å². The highest BCUT2D eigenvalue weighted by Crippen LogP contribution is 2.30. The zero-order valence-electron chi connectivity index (χ0n) is 10.3. The Bertz CT molecular complexity index is 411. The van der Waals surface area contributed by atoms with Gasteiger partial charge in [-0.05, 0) is 30.5 Å². The maximum atomic E-state index is 9.95. The molecule has 1 aliphatic rings. The van der Waals surface area contributed by atoms with Gasteiger partial charge in [-0.3, -0.25) is 0 Å². The first-order valence-corrected chi connectivity index (χ1v) is 6.04. The van der Waals surface area contributed by atoms with Crippen molar-refractivity contribution in [3.63, 3.8) is 0 Å². The van der Waals surface area contributed by atoms with Crippen molar-refractivity contribution >= 4 is 12.6 Å². The van der Waals surface area contributed by atoms with Crippen molar-refractivity contribution < 1.29 is 14.4 Å². The van der Waals surface area contributed by atoms with E-state index in [1.54, 1.807) is 0 Å². The van der Waals surface area contributed by atoms with Gasteiger partial charge in [-0.1, -0.05) is 13.0 Å². The van der Waals surface area contributed by atoms with Crippen LogP contribution in [-0.2, 0) is 11.1 Å². The molecule has 0 amide bonds. The van der Waals surface area contributed by atoms with Crippen molar-refractivity contribution in [2.75, 3.05) is 13.2 Å². The van der Waals surface area contributed by atoms with Gasteiger partial charge in [0.15, 0.2) is 0 Å². The molecule has 0 saturated carbocycles. The van der Waals surface area contributed by atoms with Crippen LogP contribution in [0.15, 0.2) is 12.1 Å². The minimum atomic E-state index is -0.924. The highest BCUT2D eigenvalue weighted by atomic mass is 16.5. The van der Waals surface area contributed by atoms with Crippen molar-refractivity contribution in [3.8, 4) is 5.75 Å². The van der Waals surface area contributed by atoms with E-state index in [4.69, 9.17) is 15.1 Å². The number of fused-ring (bicyclic) bond motifs is 1. The lowest BCUT2D eigenvalue weighted by atomic mass is 9.76. The SMILES string of the molecule is CCOc1ccc(CC)c2c1B(O)OC2CN. The van der Waals surface area contributed by atoms with E-state index in [1.165, 1.54) is 0 Å². The minimum absolute atomic E-state index is 0.227. The predicted molar refractivity (Wildman–Crippen MR) is 67.5 cm³/mol. The minimum Gasteiger partial charge on any atom is -0.494 e. The molecule has 0 fully saturated rings. The van der Waals surface area contributed by atoms with Crippen molar-refractivity contribution in [2.45, 2.75) is 26.4 Å². The average molecular weight is 235 g/mol. The lowest BCUT2D eigenvalue weighted by Crippen LogP contribution is -2.30. The van der Waals surface area contributed by atoms with Crippen LogP contribution in [0.3, 0.4) is 0 Å².